The van der Waals surface area contributed by atoms with Crippen molar-refractivity contribution in [1.82, 2.24) is 5.32 Å². The minimum absolute atomic E-state index is 0.0147. The van der Waals surface area contributed by atoms with Crippen molar-refractivity contribution >= 4 is 5.91 Å². The van der Waals surface area contributed by atoms with Gasteiger partial charge in [-0.3, -0.25) is 4.79 Å². The molecular formula is C22H28N2O2. The van der Waals surface area contributed by atoms with Crippen LogP contribution in [0.5, 0.6) is 5.75 Å². The summed E-state index contributed by atoms with van der Waals surface area (Å²) in [5.74, 6) is 1.31. The van der Waals surface area contributed by atoms with E-state index < -0.39 is 0 Å². The molecule has 0 aliphatic heterocycles. The van der Waals surface area contributed by atoms with Gasteiger partial charge in [-0.25, -0.2) is 0 Å². The number of nitrogens with one attached hydrogen (secondary N) is 1. The Hall–Kier alpha value is -2.33. The fourth-order valence-corrected chi connectivity index (χ4v) is 3.27. The summed E-state index contributed by atoms with van der Waals surface area (Å²) in [6, 6.07) is 15.9. The van der Waals surface area contributed by atoms with Gasteiger partial charge in [0.2, 0.25) is 5.91 Å². The molecule has 4 nitrogen and oxygen atoms in total. The lowest BCUT2D eigenvalue weighted by atomic mass is 9.95. The first-order valence-electron chi connectivity index (χ1n) is 9.27. The molecule has 1 aliphatic rings. The fraction of sp³-hybridized carbons (Fsp3) is 0.409. The summed E-state index contributed by atoms with van der Waals surface area (Å²) in [5.41, 5.74) is 8.93. The molecule has 26 heavy (non-hydrogen) atoms. The van der Waals surface area contributed by atoms with Crippen molar-refractivity contribution in [2.45, 2.75) is 45.3 Å². The Bertz CT molecular complexity index is 770. The maximum atomic E-state index is 12.4. The van der Waals surface area contributed by atoms with Gasteiger partial charge in [-0.05, 0) is 61.4 Å². The quantitative estimate of drug-likeness (QED) is 0.766. The Morgan fingerprint density at radius 2 is 2.00 bits per heavy atom. The highest BCUT2D eigenvalue weighted by atomic mass is 16.5. The Balaban J connectivity index is 1.58. The van der Waals surface area contributed by atoms with Crippen LogP contribution in [0.25, 0.3) is 0 Å². The van der Waals surface area contributed by atoms with Crippen LogP contribution in [-0.2, 0) is 17.8 Å². The average molecular weight is 352 g/mol. The molecule has 1 aliphatic carbocycles. The topological polar surface area (TPSA) is 64.3 Å². The van der Waals surface area contributed by atoms with Crippen molar-refractivity contribution in [2.24, 2.45) is 11.7 Å². The zero-order valence-electron chi connectivity index (χ0n) is 15.6. The number of ether oxygens (including phenoxy) is 1. The SMILES string of the molecule is Cc1ccccc1COc1cccc(CC(=O)NC(C)(CN)C2CC2)c1. The van der Waals surface area contributed by atoms with E-state index in [0.29, 0.717) is 25.5 Å². The van der Waals surface area contributed by atoms with Crippen molar-refractivity contribution in [2.75, 3.05) is 6.54 Å². The van der Waals surface area contributed by atoms with Crippen LogP contribution in [0.1, 0.15) is 36.5 Å². The lowest BCUT2D eigenvalue weighted by molar-refractivity contribution is -0.122. The van der Waals surface area contributed by atoms with Gasteiger partial charge in [0.15, 0.2) is 0 Å². The second-order valence-electron chi connectivity index (χ2n) is 7.48. The molecule has 138 valence electrons. The Morgan fingerprint density at radius 3 is 2.69 bits per heavy atom. The van der Waals surface area contributed by atoms with E-state index in [4.69, 9.17) is 10.5 Å². The van der Waals surface area contributed by atoms with Gasteiger partial charge >= 0.3 is 0 Å². The van der Waals surface area contributed by atoms with E-state index in [1.165, 1.54) is 11.1 Å². The van der Waals surface area contributed by atoms with Crippen LogP contribution < -0.4 is 15.8 Å². The summed E-state index contributed by atoms with van der Waals surface area (Å²) in [7, 11) is 0. The number of amides is 1. The zero-order valence-corrected chi connectivity index (χ0v) is 15.6. The standard InChI is InChI=1S/C22H28N2O2/c1-16-6-3-4-8-18(16)14-26-20-9-5-7-17(12-20)13-21(25)24-22(2,15-23)19-10-11-19/h3-9,12,19H,10-11,13-15,23H2,1-2H3,(H,24,25). The van der Waals surface area contributed by atoms with Gasteiger partial charge in [0, 0.05) is 6.54 Å². The first kappa shape index (κ1) is 18.5. The van der Waals surface area contributed by atoms with E-state index >= 15 is 0 Å². The van der Waals surface area contributed by atoms with Crippen molar-refractivity contribution in [3.63, 3.8) is 0 Å². The number of carbonyl (C=O) groups is 1. The van der Waals surface area contributed by atoms with Crippen molar-refractivity contribution in [3.8, 4) is 5.75 Å². The molecule has 0 heterocycles. The van der Waals surface area contributed by atoms with Gasteiger partial charge in [-0.1, -0.05) is 36.4 Å². The summed E-state index contributed by atoms with van der Waals surface area (Å²) in [6.45, 7) is 5.12. The normalized spacial score (nSPS) is 16.0. The number of nitrogens with two attached hydrogens (primary N) is 1. The molecule has 3 N–H and O–H groups in total. The molecule has 1 fully saturated rings. The number of rotatable bonds is 8. The first-order chi connectivity index (χ1) is 12.5. The van der Waals surface area contributed by atoms with Gasteiger partial charge in [0.1, 0.15) is 12.4 Å². The smallest absolute Gasteiger partial charge is 0.224 e. The molecule has 4 heteroatoms. The van der Waals surface area contributed by atoms with Crippen LogP contribution >= 0.6 is 0 Å². The summed E-state index contributed by atoms with van der Waals surface area (Å²) in [6.07, 6.45) is 2.64. The summed E-state index contributed by atoms with van der Waals surface area (Å²) in [5, 5.41) is 3.13. The Morgan fingerprint density at radius 1 is 1.23 bits per heavy atom. The van der Waals surface area contributed by atoms with Crippen LogP contribution in [0.2, 0.25) is 0 Å². The number of hydrogen-bond donors (Lipinski definition) is 2. The number of carbonyl (C=O) groups excluding carboxylic acids is 1. The highest BCUT2D eigenvalue weighted by Crippen LogP contribution is 2.39. The molecule has 1 amide bonds. The summed E-state index contributed by atoms with van der Waals surface area (Å²) in [4.78, 5) is 12.4. The highest BCUT2D eigenvalue weighted by molar-refractivity contribution is 5.79. The third-order valence-corrected chi connectivity index (χ3v) is 5.25. The monoisotopic (exact) mass is 352 g/mol. The second-order valence-corrected chi connectivity index (χ2v) is 7.48. The average Bonchev–Trinajstić information content (AvgIpc) is 3.47. The van der Waals surface area contributed by atoms with Gasteiger partial charge in [-0.15, -0.1) is 0 Å². The minimum Gasteiger partial charge on any atom is -0.489 e. The van der Waals surface area contributed by atoms with Crippen molar-refractivity contribution < 1.29 is 9.53 Å². The van der Waals surface area contributed by atoms with E-state index in [1.54, 1.807) is 0 Å². The molecule has 0 saturated heterocycles. The zero-order chi connectivity index (χ0) is 18.6. The molecule has 0 bridgehead atoms. The van der Waals surface area contributed by atoms with Crippen LogP contribution in [0.15, 0.2) is 48.5 Å². The van der Waals surface area contributed by atoms with E-state index in [1.807, 2.05) is 43.3 Å². The highest BCUT2D eigenvalue weighted by Gasteiger charge is 2.41. The van der Waals surface area contributed by atoms with Crippen molar-refractivity contribution in [1.29, 1.82) is 0 Å². The molecule has 2 aromatic rings. The predicted octanol–water partition coefficient (Wildman–Crippen LogP) is 3.36. The lowest BCUT2D eigenvalue weighted by Gasteiger charge is -2.29. The predicted molar refractivity (Wildman–Crippen MR) is 104 cm³/mol. The van der Waals surface area contributed by atoms with E-state index in [0.717, 1.165) is 24.2 Å². The Labute approximate surface area is 155 Å². The minimum atomic E-state index is -0.282. The first-order valence-corrected chi connectivity index (χ1v) is 9.27. The largest absolute Gasteiger partial charge is 0.489 e. The molecule has 1 unspecified atom stereocenters. The maximum absolute atomic E-state index is 12.4. The molecule has 1 saturated carbocycles. The molecule has 0 aromatic heterocycles. The number of aryl methyl sites for hydroxylation is 1. The summed E-state index contributed by atoms with van der Waals surface area (Å²) >= 11 is 0. The molecular weight excluding hydrogens is 324 g/mol. The Kier molecular flexibility index (Phi) is 5.62. The van der Waals surface area contributed by atoms with E-state index in [9.17, 15) is 4.79 Å². The third kappa shape index (κ3) is 4.64. The second kappa shape index (κ2) is 7.92. The molecule has 3 rings (SSSR count). The van der Waals surface area contributed by atoms with Gasteiger partial charge in [0.05, 0.1) is 12.0 Å². The number of hydrogen-bond acceptors (Lipinski definition) is 3. The van der Waals surface area contributed by atoms with Gasteiger partial charge in [-0.2, -0.15) is 0 Å². The van der Waals surface area contributed by atoms with Crippen LogP contribution in [0.3, 0.4) is 0 Å². The van der Waals surface area contributed by atoms with E-state index in [-0.39, 0.29) is 11.4 Å². The van der Waals surface area contributed by atoms with Crippen LogP contribution in [0, 0.1) is 12.8 Å². The molecule has 2 aromatic carbocycles. The fourth-order valence-electron chi connectivity index (χ4n) is 3.27. The lowest BCUT2D eigenvalue weighted by Crippen LogP contribution is -2.53. The molecule has 1 atom stereocenters. The van der Waals surface area contributed by atoms with E-state index in [2.05, 4.69) is 24.4 Å². The van der Waals surface area contributed by atoms with Crippen LogP contribution in [0.4, 0.5) is 0 Å². The maximum Gasteiger partial charge on any atom is 0.224 e. The van der Waals surface area contributed by atoms with Gasteiger partial charge < -0.3 is 15.8 Å². The van der Waals surface area contributed by atoms with Gasteiger partial charge in [0.25, 0.3) is 0 Å². The molecule has 0 radical (unpaired) electrons. The van der Waals surface area contributed by atoms with Crippen molar-refractivity contribution in [3.05, 3.63) is 65.2 Å². The number of benzene rings is 2. The van der Waals surface area contributed by atoms with Crippen LogP contribution in [-0.4, -0.2) is 18.0 Å². The third-order valence-electron chi connectivity index (χ3n) is 5.25. The summed E-state index contributed by atoms with van der Waals surface area (Å²) < 4.78 is 5.91. The molecule has 0 spiro atoms.